The maximum Gasteiger partial charge on any atom is 0.254 e. The number of hydrogen-bond donors (Lipinski definition) is 1. The molecule has 0 aliphatic carbocycles. The number of carbonyl (C=O) groups is 2. The van der Waals surface area contributed by atoms with E-state index >= 15 is 0 Å². The molecule has 1 N–H and O–H groups in total. The molecule has 4 nitrogen and oxygen atoms in total. The molecular formula is C12H12ClFN2O2. The van der Waals surface area contributed by atoms with Crippen LogP contribution in [0.4, 0.5) is 4.39 Å². The van der Waals surface area contributed by atoms with Gasteiger partial charge in [0.25, 0.3) is 5.91 Å². The lowest BCUT2D eigenvalue weighted by Gasteiger charge is -2.27. The molecule has 1 aliphatic rings. The van der Waals surface area contributed by atoms with E-state index in [2.05, 4.69) is 5.32 Å². The van der Waals surface area contributed by atoms with Gasteiger partial charge in [0.2, 0.25) is 5.91 Å². The van der Waals surface area contributed by atoms with Gasteiger partial charge in [0, 0.05) is 18.7 Å². The van der Waals surface area contributed by atoms with Crippen molar-refractivity contribution in [3.8, 4) is 0 Å². The van der Waals surface area contributed by atoms with E-state index in [1.165, 1.54) is 11.0 Å². The summed E-state index contributed by atoms with van der Waals surface area (Å²) >= 11 is 5.77. The van der Waals surface area contributed by atoms with Gasteiger partial charge in [-0.15, -0.1) is 0 Å². The predicted octanol–water partition coefficient (Wildman–Crippen LogP) is 1.36. The van der Waals surface area contributed by atoms with Crippen molar-refractivity contribution in [3.63, 3.8) is 0 Å². The lowest BCUT2D eigenvalue weighted by molar-refractivity contribution is -0.123. The van der Waals surface area contributed by atoms with Crippen molar-refractivity contribution in [2.45, 2.75) is 6.92 Å². The first-order valence-electron chi connectivity index (χ1n) is 5.51. The molecule has 0 bridgehead atoms. The van der Waals surface area contributed by atoms with Crippen LogP contribution in [-0.2, 0) is 4.79 Å². The number of nitrogens with zero attached hydrogens (tertiary/aromatic N) is 1. The summed E-state index contributed by atoms with van der Waals surface area (Å²) in [6, 6.07) is 2.55. The zero-order valence-corrected chi connectivity index (χ0v) is 10.6. The molecule has 1 aromatic carbocycles. The molecule has 0 aromatic heterocycles. The largest absolute Gasteiger partial charge is 0.353 e. The molecule has 1 aliphatic heterocycles. The van der Waals surface area contributed by atoms with E-state index in [1.807, 2.05) is 0 Å². The van der Waals surface area contributed by atoms with Gasteiger partial charge in [-0.1, -0.05) is 11.6 Å². The molecule has 18 heavy (non-hydrogen) atoms. The maximum absolute atomic E-state index is 13.2. The van der Waals surface area contributed by atoms with Gasteiger partial charge in [0.1, 0.15) is 5.82 Å². The summed E-state index contributed by atoms with van der Waals surface area (Å²) in [7, 11) is 0. The van der Waals surface area contributed by atoms with E-state index in [0.717, 1.165) is 6.07 Å². The Labute approximate surface area is 109 Å². The quantitative estimate of drug-likeness (QED) is 0.838. The van der Waals surface area contributed by atoms with E-state index in [9.17, 15) is 14.0 Å². The minimum absolute atomic E-state index is 0.0211. The van der Waals surface area contributed by atoms with Crippen molar-refractivity contribution in [2.75, 3.05) is 19.6 Å². The number of carbonyl (C=O) groups excluding carboxylic acids is 2. The third-order valence-corrected chi connectivity index (χ3v) is 3.36. The summed E-state index contributed by atoms with van der Waals surface area (Å²) < 4.78 is 13.2. The van der Waals surface area contributed by atoms with Gasteiger partial charge < -0.3 is 10.2 Å². The highest BCUT2D eigenvalue weighted by Gasteiger charge is 2.24. The van der Waals surface area contributed by atoms with Crippen molar-refractivity contribution < 1.29 is 14.0 Å². The highest BCUT2D eigenvalue weighted by atomic mass is 35.5. The molecule has 2 amide bonds. The molecule has 96 valence electrons. The van der Waals surface area contributed by atoms with Crippen molar-refractivity contribution in [1.29, 1.82) is 0 Å². The van der Waals surface area contributed by atoms with Crippen molar-refractivity contribution >= 4 is 23.4 Å². The molecular weight excluding hydrogens is 259 g/mol. The standard InChI is InChI=1S/C12H12ClFN2O2/c1-7-8(2-3-9(14)11(7)13)12(18)16-5-4-15-10(17)6-16/h2-3H,4-6H2,1H3,(H,15,17). The minimum atomic E-state index is -0.554. The molecule has 1 saturated heterocycles. The number of nitrogens with one attached hydrogen (secondary N) is 1. The number of rotatable bonds is 1. The van der Waals surface area contributed by atoms with E-state index in [4.69, 9.17) is 11.6 Å². The van der Waals surface area contributed by atoms with Crippen LogP contribution in [0.2, 0.25) is 5.02 Å². The average Bonchev–Trinajstić information content (AvgIpc) is 2.35. The second-order valence-electron chi connectivity index (χ2n) is 4.11. The smallest absolute Gasteiger partial charge is 0.254 e. The molecule has 0 unspecified atom stereocenters. The second kappa shape index (κ2) is 4.94. The van der Waals surface area contributed by atoms with Gasteiger partial charge in [0.15, 0.2) is 0 Å². The molecule has 2 rings (SSSR count). The summed E-state index contributed by atoms with van der Waals surface area (Å²) in [6.07, 6.45) is 0. The van der Waals surface area contributed by atoms with Crippen LogP contribution in [0, 0.1) is 12.7 Å². The van der Waals surface area contributed by atoms with Crippen LogP contribution in [0.25, 0.3) is 0 Å². The lowest BCUT2D eigenvalue weighted by Crippen LogP contribution is -2.50. The highest BCUT2D eigenvalue weighted by molar-refractivity contribution is 6.32. The minimum Gasteiger partial charge on any atom is -0.353 e. The zero-order chi connectivity index (χ0) is 13.3. The van der Waals surface area contributed by atoms with Crippen molar-refractivity contribution in [3.05, 3.63) is 34.1 Å². The molecule has 0 spiro atoms. The molecule has 0 saturated carbocycles. The molecule has 1 fully saturated rings. The highest BCUT2D eigenvalue weighted by Crippen LogP contribution is 2.23. The Morgan fingerprint density at radius 1 is 1.50 bits per heavy atom. The van der Waals surface area contributed by atoms with Gasteiger partial charge in [-0.3, -0.25) is 9.59 Å². The Hall–Kier alpha value is -1.62. The zero-order valence-electron chi connectivity index (χ0n) is 9.80. The fraction of sp³-hybridized carbons (Fsp3) is 0.333. The van der Waals surface area contributed by atoms with E-state index in [-0.39, 0.29) is 23.4 Å². The Bertz CT molecular complexity index is 519. The first-order chi connectivity index (χ1) is 8.50. The van der Waals surface area contributed by atoms with Gasteiger partial charge in [-0.2, -0.15) is 0 Å². The van der Waals surface area contributed by atoms with E-state index in [1.54, 1.807) is 6.92 Å². The molecule has 0 atom stereocenters. The maximum atomic E-state index is 13.2. The van der Waals surface area contributed by atoms with Gasteiger partial charge in [0.05, 0.1) is 11.6 Å². The molecule has 1 heterocycles. The monoisotopic (exact) mass is 270 g/mol. The summed E-state index contributed by atoms with van der Waals surface area (Å²) in [6.45, 7) is 2.48. The number of halogens is 2. The van der Waals surface area contributed by atoms with E-state index < -0.39 is 5.82 Å². The van der Waals surface area contributed by atoms with Crippen molar-refractivity contribution in [2.24, 2.45) is 0 Å². The lowest BCUT2D eigenvalue weighted by atomic mass is 10.1. The summed E-state index contributed by atoms with van der Waals surface area (Å²) in [5.41, 5.74) is 0.726. The van der Waals surface area contributed by atoms with Crippen LogP contribution in [0.15, 0.2) is 12.1 Å². The van der Waals surface area contributed by atoms with Gasteiger partial charge in [-0.05, 0) is 24.6 Å². The van der Waals surface area contributed by atoms with Crippen LogP contribution in [0.5, 0.6) is 0 Å². The Morgan fingerprint density at radius 3 is 2.89 bits per heavy atom. The average molecular weight is 271 g/mol. The Morgan fingerprint density at radius 2 is 2.22 bits per heavy atom. The van der Waals surface area contributed by atoms with Gasteiger partial charge >= 0.3 is 0 Å². The van der Waals surface area contributed by atoms with E-state index in [0.29, 0.717) is 24.2 Å². The normalized spacial score (nSPS) is 15.5. The Kier molecular flexibility index (Phi) is 3.52. The number of piperazine rings is 1. The summed E-state index contributed by atoms with van der Waals surface area (Å²) in [4.78, 5) is 24.8. The second-order valence-corrected chi connectivity index (χ2v) is 4.49. The van der Waals surface area contributed by atoms with Gasteiger partial charge in [-0.25, -0.2) is 4.39 Å². The summed E-state index contributed by atoms with van der Waals surface area (Å²) in [5, 5.41) is 2.58. The first kappa shape index (κ1) is 12.8. The van der Waals surface area contributed by atoms with Crippen LogP contribution in [-0.4, -0.2) is 36.3 Å². The SMILES string of the molecule is Cc1c(C(=O)N2CCNC(=O)C2)ccc(F)c1Cl. The number of hydrogen-bond acceptors (Lipinski definition) is 2. The van der Waals surface area contributed by atoms with Crippen molar-refractivity contribution in [1.82, 2.24) is 10.2 Å². The third-order valence-electron chi connectivity index (χ3n) is 2.90. The molecule has 6 heteroatoms. The molecule has 1 aromatic rings. The van der Waals surface area contributed by atoms with Crippen LogP contribution < -0.4 is 5.32 Å². The predicted molar refractivity (Wildman–Crippen MR) is 65.1 cm³/mol. The number of benzene rings is 1. The summed E-state index contributed by atoms with van der Waals surface area (Å²) in [5.74, 6) is -1.05. The molecule has 0 radical (unpaired) electrons. The first-order valence-corrected chi connectivity index (χ1v) is 5.89. The fourth-order valence-electron chi connectivity index (χ4n) is 1.87. The Balaban J connectivity index is 2.29. The van der Waals surface area contributed by atoms with Crippen LogP contribution in [0.1, 0.15) is 15.9 Å². The topological polar surface area (TPSA) is 49.4 Å². The third kappa shape index (κ3) is 2.31. The fourth-order valence-corrected chi connectivity index (χ4v) is 2.03. The van der Waals surface area contributed by atoms with Crippen LogP contribution >= 0.6 is 11.6 Å². The van der Waals surface area contributed by atoms with Crippen LogP contribution in [0.3, 0.4) is 0 Å². The number of amides is 2.